The van der Waals surface area contributed by atoms with Crippen LogP contribution in [0.2, 0.25) is 0 Å². The molecule has 0 saturated carbocycles. The van der Waals surface area contributed by atoms with Crippen molar-refractivity contribution in [2.75, 3.05) is 31.1 Å². The van der Waals surface area contributed by atoms with Crippen LogP contribution >= 0.6 is 24.0 Å². The van der Waals surface area contributed by atoms with Gasteiger partial charge in [-0.1, -0.05) is 13.0 Å². The minimum absolute atomic E-state index is 0. The van der Waals surface area contributed by atoms with E-state index >= 15 is 0 Å². The lowest BCUT2D eigenvalue weighted by atomic mass is 9.99. The van der Waals surface area contributed by atoms with Crippen LogP contribution in [0.1, 0.15) is 53.0 Å². The lowest BCUT2D eigenvalue weighted by molar-refractivity contribution is -0.121. The van der Waals surface area contributed by atoms with Crippen LogP contribution in [-0.2, 0) is 11.3 Å². The molecule has 2 rings (SSSR count). The van der Waals surface area contributed by atoms with Crippen LogP contribution < -0.4 is 20.9 Å². The molecule has 1 aliphatic heterocycles. The molecule has 0 aliphatic carbocycles. The first-order valence-corrected chi connectivity index (χ1v) is 10.3. The molecule has 29 heavy (non-hydrogen) atoms. The van der Waals surface area contributed by atoms with Crippen molar-refractivity contribution in [3.05, 3.63) is 23.9 Å². The highest BCUT2D eigenvalue weighted by atomic mass is 127. The third-order valence-corrected chi connectivity index (χ3v) is 4.61. The van der Waals surface area contributed by atoms with Gasteiger partial charge < -0.3 is 20.9 Å². The Morgan fingerprint density at radius 1 is 1.24 bits per heavy atom. The van der Waals surface area contributed by atoms with Gasteiger partial charge in [-0.2, -0.15) is 0 Å². The maximum Gasteiger partial charge on any atom is 0.239 e. The number of guanidine groups is 1. The van der Waals surface area contributed by atoms with Gasteiger partial charge in [-0.25, -0.2) is 9.98 Å². The van der Waals surface area contributed by atoms with Crippen molar-refractivity contribution < 1.29 is 4.79 Å². The molecule has 2 heterocycles. The number of piperidine rings is 1. The second kappa shape index (κ2) is 12.2. The fourth-order valence-electron chi connectivity index (χ4n) is 3.07. The van der Waals surface area contributed by atoms with Gasteiger partial charge in [-0.05, 0) is 58.1 Å². The number of nitrogens with zero attached hydrogens (tertiary/aromatic N) is 3. The van der Waals surface area contributed by atoms with Crippen molar-refractivity contribution in [3.63, 3.8) is 0 Å². The van der Waals surface area contributed by atoms with E-state index in [1.807, 2.05) is 33.9 Å². The Labute approximate surface area is 192 Å². The molecule has 1 aromatic rings. The summed E-state index contributed by atoms with van der Waals surface area (Å²) < 4.78 is 0. The van der Waals surface area contributed by atoms with Gasteiger partial charge in [0.25, 0.3) is 0 Å². The van der Waals surface area contributed by atoms with Crippen molar-refractivity contribution >= 4 is 41.7 Å². The van der Waals surface area contributed by atoms with Crippen molar-refractivity contribution in [2.24, 2.45) is 10.9 Å². The lowest BCUT2D eigenvalue weighted by Gasteiger charge is -2.31. The van der Waals surface area contributed by atoms with Crippen molar-refractivity contribution in [3.8, 4) is 0 Å². The molecule has 0 bridgehead atoms. The second-order valence-electron chi connectivity index (χ2n) is 8.54. The van der Waals surface area contributed by atoms with Crippen LogP contribution in [0.15, 0.2) is 23.3 Å². The first-order chi connectivity index (χ1) is 13.3. The fraction of sp³-hybridized carbons (Fsp3) is 0.667. The van der Waals surface area contributed by atoms with Gasteiger partial charge in [0.2, 0.25) is 5.91 Å². The van der Waals surface area contributed by atoms with E-state index in [1.54, 1.807) is 0 Å². The lowest BCUT2D eigenvalue weighted by Crippen LogP contribution is -2.48. The molecule has 1 aromatic heterocycles. The first-order valence-electron chi connectivity index (χ1n) is 10.3. The third-order valence-electron chi connectivity index (χ3n) is 4.61. The molecular weight excluding hydrogens is 479 g/mol. The number of hydrogen-bond acceptors (Lipinski definition) is 4. The van der Waals surface area contributed by atoms with Crippen LogP contribution in [0.4, 0.5) is 5.82 Å². The Morgan fingerprint density at radius 3 is 2.48 bits per heavy atom. The van der Waals surface area contributed by atoms with Crippen LogP contribution in [0, 0.1) is 5.92 Å². The number of anilines is 1. The highest BCUT2D eigenvalue weighted by molar-refractivity contribution is 14.0. The van der Waals surface area contributed by atoms with Gasteiger partial charge in [0.15, 0.2) is 5.96 Å². The van der Waals surface area contributed by atoms with Crippen molar-refractivity contribution in [2.45, 2.75) is 59.5 Å². The number of hydrogen-bond donors (Lipinski definition) is 3. The molecule has 1 amide bonds. The number of aliphatic imine (C=N–C) groups is 1. The summed E-state index contributed by atoms with van der Waals surface area (Å²) in [5.41, 5.74) is 0.805. The molecule has 0 unspecified atom stereocenters. The minimum Gasteiger partial charge on any atom is -0.357 e. The zero-order chi connectivity index (χ0) is 20.6. The zero-order valence-corrected chi connectivity index (χ0v) is 20.7. The number of aromatic nitrogens is 1. The molecule has 7 nitrogen and oxygen atoms in total. The number of carbonyl (C=O) groups is 1. The molecule has 1 aliphatic rings. The Balaban J connectivity index is 0.00000420. The average molecular weight is 516 g/mol. The van der Waals surface area contributed by atoms with Gasteiger partial charge in [0.05, 0.1) is 13.1 Å². The molecule has 8 heteroatoms. The SMILES string of the molecule is CCNC(=NCc1ccc(N2CCC(C)CC2)nc1)NCC(=O)NC(C)(C)C.I. The summed E-state index contributed by atoms with van der Waals surface area (Å²) in [5.74, 6) is 2.43. The van der Waals surface area contributed by atoms with Gasteiger partial charge in [-0.15, -0.1) is 24.0 Å². The number of halogens is 1. The van der Waals surface area contributed by atoms with Crippen LogP contribution in [0.5, 0.6) is 0 Å². The van der Waals surface area contributed by atoms with Crippen LogP contribution in [0.25, 0.3) is 0 Å². The predicted octanol–water partition coefficient (Wildman–Crippen LogP) is 2.91. The Morgan fingerprint density at radius 2 is 1.93 bits per heavy atom. The summed E-state index contributed by atoms with van der Waals surface area (Å²) in [6, 6.07) is 4.16. The molecule has 1 saturated heterocycles. The van der Waals surface area contributed by atoms with E-state index in [1.165, 1.54) is 12.8 Å². The van der Waals surface area contributed by atoms with Gasteiger partial charge in [0.1, 0.15) is 5.82 Å². The molecule has 0 atom stereocenters. The molecule has 0 aromatic carbocycles. The standard InChI is InChI=1S/C21H36N6O.HI/c1-6-22-20(25-15-19(28)26-21(3,4)5)24-14-17-7-8-18(23-13-17)27-11-9-16(2)10-12-27;/h7-8,13,16H,6,9-12,14-15H2,1-5H3,(H,26,28)(H2,22,24,25);1H. The number of amides is 1. The maximum atomic E-state index is 12.0. The summed E-state index contributed by atoms with van der Waals surface area (Å²) in [6.45, 7) is 13.8. The quantitative estimate of drug-likeness (QED) is 0.308. The van der Waals surface area contributed by atoms with Crippen LogP contribution in [0.3, 0.4) is 0 Å². The van der Waals surface area contributed by atoms with E-state index in [2.05, 4.69) is 49.9 Å². The van der Waals surface area contributed by atoms with E-state index in [9.17, 15) is 4.79 Å². The maximum absolute atomic E-state index is 12.0. The Bertz CT molecular complexity index is 648. The fourth-order valence-corrected chi connectivity index (χ4v) is 3.07. The number of rotatable bonds is 6. The Kier molecular flexibility index (Phi) is 10.7. The average Bonchev–Trinajstić information content (AvgIpc) is 2.64. The summed E-state index contributed by atoms with van der Waals surface area (Å²) >= 11 is 0. The molecule has 164 valence electrons. The van der Waals surface area contributed by atoms with E-state index in [-0.39, 0.29) is 42.0 Å². The third kappa shape index (κ3) is 9.64. The zero-order valence-electron chi connectivity index (χ0n) is 18.4. The molecule has 1 fully saturated rings. The number of carbonyl (C=O) groups excluding carboxylic acids is 1. The Hall–Kier alpha value is -1.58. The van der Waals surface area contributed by atoms with Crippen LogP contribution in [-0.4, -0.2) is 48.6 Å². The van der Waals surface area contributed by atoms with E-state index in [0.717, 1.165) is 36.9 Å². The summed E-state index contributed by atoms with van der Waals surface area (Å²) in [6.07, 6.45) is 4.36. The van der Waals surface area contributed by atoms with Crippen molar-refractivity contribution in [1.82, 2.24) is 20.9 Å². The number of pyridine rings is 1. The highest BCUT2D eigenvalue weighted by Gasteiger charge is 2.17. The predicted molar refractivity (Wildman–Crippen MR) is 131 cm³/mol. The summed E-state index contributed by atoms with van der Waals surface area (Å²) in [4.78, 5) is 23.5. The highest BCUT2D eigenvalue weighted by Crippen LogP contribution is 2.21. The topological polar surface area (TPSA) is 81.7 Å². The monoisotopic (exact) mass is 516 g/mol. The normalized spacial score (nSPS) is 15.5. The van der Waals surface area contributed by atoms with Gasteiger partial charge in [0, 0.05) is 31.4 Å². The molecule has 0 radical (unpaired) electrons. The first kappa shape index (κ1) is 25.5. The molecular formula is C21H37IN6O. The largest absolute Gasteiger partial charge is 0.357 e. The molecule has 0 spiro atoms. The smallest absolute Gasteiger partial charge is 0.239 e. The van der Waals surface area contributed by atoms with Gasteiger partial charge in [-0.3, -0.25) is 4.79 Å². The second-order valence-corrected chi connectivity index (χ2v) is 8.54. The summed E-state index contributed by atoms with van der Waals surface area (Å²) in [7, 11) is 0. The number of nitrogens with one attached hydrogen (secondary N) is 3. The van der Waals surface area contributed by atoms with E-state index in [0.29, 0.717) is 12.5 Å². The minimum atomic E-state index is -0.242. The van der Waals surface area contributed by atoms with E-state index in [4.69, 9.17) is 0 Å². The van der Waals surface area contributed by atoms with Gasteiger partial charge >= 0.3 is 0 Å². The van der Waals surface area contributed by atoms with Crippen molar-refractivity contribution in [1.29, 1.82) is 0 Å². The molecule has 3 N–H and O–H groups in total. The summed E-state index contributed by atoms with van der Waals surface area (Å²) in [5, 5.41) is 9.18. The van der Waals surface area contributed by atoms with E-state index < -0.39 is 0 Å².